The number of aromatic nitrogens is 5. The Morgan fingerprint density at radius 3 is 2.09 bits per heavy atom. The SMILES string of the molecule is Cc1nn(C)c(C)c1NC(=O)CSc1nnc(C(c2ccccc2)c2ccccc2)n1C. The smallest absolute Gasteiger partial charge is 0.234 e. The molecule has 164 valence electrons. The largest absolute Gasteiger partial charge is 0.322 e. The molecule has 0 bridgehead atoms. The number of aryl methyl sites for hydroxylation is 2. The van der Waals surface area contributed by atoms with E-state index < -0.39 is 0 Å². The van der Waals surface area contributed by atoms with Crippen molar-refractivity contribution in [3.8, 4) is 0 Å². The van der Waals surface area contributed by atoms with Crippen LogP contribution in [0.25, 0.3) is 0 Å². The van der Waals surface area contributed by atoms with Crippen molar-refractivity contribution in [3.63, 3.8) is 0 Å². The maximum absolute atomic E-state index is 12.6. The van der Waals surface area contributed by atoms with Crippen molar-refractivity contribution in [1.82, 2.24) is 24.5 Å². The van der Waals surface area contributed by atoms with Gasteiger partial charge in [-0.05, 0) is 25.0 Å². The molecule has 2 aromatic carbocycles. The number of nitrogens with one attached hydrogen (secondary N) is 1. The van der Waals surface area contributed by atoms with Gasteiger partial charge in [-0.15, -0.1) is 10.2 Å². The van der Waals surface area contributed by atoms with E-state index in [1.807, 2.05) is 68.9 Å². The predicted octanol–water partition coefficient (Wildman–Crippen LogP) is 4.08. The summed E-state index contributed by atoms with van der Waals surface area (Å²) in [5.74, 6) is 0.936. The van der Waals surface area contributed by atoms with E-state index in [2.05, 4.69) is 44.9 Å². The van der Waals surface area contributed by atoms with Gasteiger partial charge in [0.25, 0.3) is 0 Å². The molecule has 7 nitrogen and oxygen atoms in total. The molecular weight excluding hydrogens is 420 g/mol. The van der Waals surface area contributed by atoms with Crippen LogP contribution in [0.1, 0.15) is 34.3 Å². The molecule has 0 saturated carbocycles. The van der Waals surface area contributed by atoms with E-state index in [1.54, 1.807) is 4.68 Å². The van der Waals surface area contributed by atoms with Gasteiger partial charge in [0, 0.05) is 14.1 Å². The minimum absolute atomic E-state index is 0.0428. The summed E-state index contributed by atoms with van der Waals surface area (Å²) in [6, 6.07) is 20.6. The average molecular weight is 447 g/mol. The van der Waals surface area contributed by atoms with Gasteiger partial charge in [0.05, 0.1) is 28.7 Å². The van der Waals surface area contributed by atoms with Gasteiger partial charge >= 0.3 is 0 Å². The Hall–Kier alpha value is -3.39. The quantitative estimate of drug-likeness (QED) is 0.433. The van der Waals surface area contributed by atoms with Crippen molar-refractivity contribution in [2.45, 2.75) is 24.9 Å². The second-order valence-corrected chi connectivity index (χ2v) is 8.60. The fourth-order valence-electron chi connectivity index (χ4n) is 3.74. The number of hydrogen-bond acceptors (Lipinski definition) is 5. The summed E-state index contributed by atoms with van der Waals surface area (Å²) in [6.45, 7) is 3.82. The van der Waals surface area contributed by atoms with Crippen LogP contribution in [0.3, 0.4) is 0 Å². The summed E-state index contributed by atoms with van der Waals surface area (Å²) in [5.41, 5.74) is 4.79. The van der Waals surface area contributed by atoms with Crippen LogP contribution in [0.4, 0.5) is 5.69 Å². The number of anilines is 1. The monoisotopic (exact) mass is 446 g/mol. The molecule has 1 N–H and O–H groups in total. The summed E-state index contributed by atoms with van der Waals surface area (Å²) in [6.07, 6.45) is 0. The fourth-order valence-corrected chi connectivity index (χ4v) is 4.46. The number of thioether (sulfide) groups is 1. The van der Waals surface area contributed by atoms with E-state index in [4.69, 9.17) is 0 Å². The van der Waals surface area contributed by atoms with Gasteiger partial charge in [-0.1, -0.05) is 72.4 Å². The molecule has 2 aromatic heterocycles. The van der Waals surface area contributed by atoms with Crippen LogP contribution in [0, 0.1) is 13.8 Å². The number of carbonyl (C=O) groups excluding carboxylic acids is 1. The molecule has 4 rings (SSSR count). The minimum atomic E-state index is -0.0959. The van der Waals surface area contributed by atoms with Crippen LogP contribution >= 0.6 is 11.8 Å². The Labute approximate surface area is 191 Å². The van der Waals surface area contributed by atoms with Gasteiger partial charge in [0.15, 0.2) is 5.16 Å². The number of hydrogen-bond donors (Lipinski definition) is 1. The Kier molecular flexibility index (Phi) is 6.41. The second kappa shape index (κ2) is 9.40. The highest BCUT2D eigenvalue weighted by molar-refractivity contribution is 7.99. The summed E-state index contributed by atoms with van der Waals surface area (Å²) in [7, 11) is 3.81. The van der Waals surface area contributed by atoms with E-state index in [1.165, 1.54) is 11.8 Å². The molecule has 0 fully saturated rings. The standard InChI is InChI=1S/C24H26N6OS/c1-16-22(17(2)30(4)28-16)25-20(31)15-32-24-27-26-23(29(24)3)21(18-11-7-5-8-12-18)19-13-9-6-10-14-19/h5-14,21H,15H2,1-4H3,(H,25,31). The Bertz CT molecular complexity index is 1180. The van der Waals surface area contributed by atoms with Gasteiger partial charge < -0.3 is 9.88 Å². The summed E-state index contributed by atoms with van der Waals surface area (Å²) < 4.78 is 3.74. The predicted molar refractivity (Wildman–Crippen MR) is 127 cm³/mol. The number of nitrogens with zero attached hydrogens (tertiary/aromatic N) is 5. The molecule has 0 saturated heterocycles. The first kappa shape index (κ1) is 21.8. The number of carbonyl (C=O) groups is 1. The summed E-state index contributed by atoms with van der Waals surface area (Å²) in [4.78, 5) is 12.6. The van der Waals surface area contributed by atoms with Gasteiger partial charge in [-0.25, -0.2) is 0 Å². The third-order valence-electron chi connectivity index (χ3n) is 5.50. The lowest BCUT2D eigenvalue weighted by molar-refractivity contribution is -0.113. The van der Waals surface area contributed by atoms with Gasteiger partial charge in [-0.3, -0.25) is 9.48 Å². The Morgan fingerprint density at radius 1 is 0.969 bits per heavy atom. The molecular formula is C24H26N6OS. The molecule has 0 spiro atoms. The third-order valence-corrected chi connectivity index (χ3v) is 6.52. The molecule has 0 radical (unpaired) electrons. The van der Waals surface area contributed by atoms with Crippen molar-refractivity contribution in [1.29, 1.82) is 0 Å². The highest BCUT2D eigenvalue weighted by atomic mass is 32.2. The molecule has 1 amide bonds. The van der Waals surface area contributed by atoms with Gasteiger partial charge in [-0.2, -0.15) is 5.10 Å². The first-order chi connectivity index (χ1) is 15.5. The Morgan fingerprint density at radius 2 is 1.56 bits per heavy atom. The van der Waals surface area contributed by atoms with Crippen molar-refractivity contribution in [3.05, 3.63) is 89.0 Å². The molecule has 0 atom stereocenters. The van der Waals surface area contributed by atoms with Crippen LogP contribution in [0.5, 0.6) is 0 Å². The maximum atomic E-state index is 12.6. The number of rotatable bonds is 7. The lowest BCUT2D eigenvalue weighted by Crippen LogP contribution is -2.16. The van der Waals surface area contributed by atoms with Crippen molar-refractivity contribution in [2.75, 3.05) is 11.1 Å². The van der Waals surface area contributed by atoms with Crippen LogP contribution < -0.4 is 5.32 Å². The normalized spacial score (nSPS) is 11.2. The van der Waals surface area contributed by atoms with E-state index in [9.17, 15) is 4.79 Å². The van der Waals surface area contributed by atoms with Gasteiger partial charge in [0.1, 0.15) is 5.82 Å². The van der Waals surface area contributed by atoms with E-state index in [0.29, 0.717) is 5.16 Å². The Balaban J connectivity index is 1.53. The molecule has 4 aromatic rings. The minimum Gasteiger partial charge on any atom is -0.322 e. The molecule has 0 unspecified atom stereocenters. The number of amides is 1. The molecule has 0 aliphatic rings. The molecule has 32 heavy (non-hydrogen) atoms. The zero-order valence-corrected chi connectivity index (χ0v) is 19.4. The number of benzene rings is 2. The van der Waals surface area contributed by atoms with Gasteiger partial charge in [0.2, 0.25) is 5.91 Å². The molecule has 2 heterocycles. The highest BCUT2D eigenvalue weighted by Crippen LogP contribution is 2.32. The lowest BCUT2D eigenvalue weighted by Gasteiger charge is -2.17. The highest BCUT2D eigenvalue weighted by Gasteiger charge is 2.23. The zero-order chi connectivity index (χ0) is 22.7. The van der Waals surface area contributed by atoms with Crippen LogP contribution in [0.15, 0.2) is 65.8 Å². The van der Waals surface area contributed by atoms with Crippen LogP contribution in [-0.4, -0.2) is 36.2 Å². The fraction of sp³-hybridized carbons (Fsp3) is 0.250. The lowest BCUT2D eigenvalue weighted by atomic mass is 9.90. The summed E-state index contributed by atoms with van der Waals surface area (Å²) >= 11 is 1.37. The maximum Gasteiger partial charge on any atom is 0.234 e. The second-order valence-electron chi connectivity index (χ2n) is 7.66. The first-order valence-corrected chi connectivity index (χ1v) is 11.4. The van der Waals surface area contributed by atoms with Crippen molar-refractivity contribution < 1.29 is 4.79 Å². The molecule has 0 aliphatic heterocycles. The zero-order valence-electron chi connectivity index (χ0n) is 18.6. The topological polar surface area (TPSA) is 77.6 Å². The molecule has 0 aliphatic carbocycles. The van der Waals surface area contributed by atoms with E-state index in [0.717, 1.165) is 34.0 Å². The average Bonchev–Trinajstić information content (AvgIpc) is 3.28. The summed E-state index contributed by atoms with van der Waals surface area (Å²) in [5, 5.41) is 16.9. The third kappa shape index (κ3) is 4.45. The van der Waals surface area contributed by atoms with E-state index in [-0.39, 0.29) is 17.6 Å². The van der Waals surface area contributed by atoms with Crippen molar-refractivity contribution in [2.24, 2.45) is 14.1 Å². The van der Waals surface area contributed by atoms with Crippen LogP contribution in [-0.2, 0) is 18.9 Å². The van der Waals surface area contributed by atoms with E-state index >= 15 is 0 Å². The molecule has 8 heteroatoms. The van der Waals surface area contributed by atoms with Crippen molar-refractivity contribution >= 4 is 23.4 Å². The first-order valence-electron chi connectivity index (χ1n) is 10.4. The van der Waals surface area contributed by atoms with Crippen LogP contribution in [0.2, 0.25) is 0 Å².